The van der Waals surface area contributed by atoms with Crippen LogP contribution < -0.4 is 5.32 Å². The molecule has 1 aliphatic rings. The first-order valence-electron chi connectivity index (χ1n) is 8.96. The van der Waals surface area contributed by atoms with Gasteiger partial charge >= 0.3 is 6.18 Å². The van der Waals surface area contributed by atoms with Gasteiger partial charge < -0.3 is 5.32 Å². The summed E-state index contributed by atoms with van der Waals surface area (Å²) in [5, 5.41) is 2.85. The third kappa shape index (κ3) is 4.18. The molecule has 2 aromatic heterocycles. The molecule has 0 spiro atoms. The predicted octanol–water partition coefficient (Wildman–Crippen LogP) is 4.42. The van der Waals surface area contributed by atoms with Crippen molar-refractivity contribution < 1.29 is 18.0 Å². The summed E-state index contributed by atoms with van der Waals surface area (Å²) < 4.78 is 38.0. The molecule has 0 saturated carbocycles. The molecule has 0 unspecified atom stereocenters. The first kappa shape index (κ1) is 18.9. The van der Waals surface area contributed by atoms with Crippen LogP contribution in [0.2, 0.25) is 0 Å². The highest BCUT2D eigenvalue weighted by Gasteiger charge is 2.30. The molecule has 29 heavy (non-hydrogen) atoms. The molecule has 1 N–H and O–H groups in total. The SMILES string of the molecule is O=C(Cc1ccc(C(F)(F)F)cc1)NC1=CCc2ncc(-c3cccnc3)cc21. The molecule has 0 bridgehead atoms. The van der Waals surface area contributed by atoms with Crippen LogP contribution >= 0.6 is 0 Å². The highest BCUT2D eigenvalue weighted by atomic mass is 19.4. The molecule has 146 valence electrons. The van der Waals surface area contributed by atoms with Crippen LogP contribution in [0.1, 0.15) is 22.4 Å². The highest BCUT2D eigenvalue weighted by Crippen LogP contribution is 2.30. The minimum Gasteiger partial charge on any atom is -0.325 e. The molecule has 0 saturated heterocycles. The Morgan fingerprint density at radius 3 is 2.55 bits per heavy atom. The number of amides is 1. The van der Waals surface area contributed by atoms with Gasteiger partial charge in [-0.2, -0.15) is 13.2 Å². The normalized spacial score (nSPS) is 13.0. The van der Waals surface area contributed by atoms with E-state index in [2.05, 4.69) is 15.3 Å². The summed E-state index contributed by atoms with van der Waals surface area (Å²) in [6, 6.07) is 10.3. The Morgan fingerprint density at radius 2 is 1.86 bits per heavy atom. The van der Waals surface area contributed by atoms with Crippen LogP contribution in [0.25, 0.3) is 16.8 Å². The van der Waals surface area contributed by atoms with Gasteiger partial charge in [0.1, 0.15) is 0 Å². The third-order valence-electron chi connectivity index (χ3n) is 4.67. The monoisotopic (exact) mass is 395 g/mol. The van der Waals surface area contributed by atoms with Gasteiger partial charge in [0, 0.05) is 47.4 Å². The lowest BCUT2D eigenvalue weighted by Crippen LogP contribution is -2.23. The fourth-order valence-corrected chi connectivity index (χ4v) is 3.20. The summed E-state index contributed by atoms with van der Waals surface area (Å²) in [6.45, 7) is 0. The average Bonchev–Trinajstić information content (AvgIpc) is 3.10. The van der Waals surface area contributed by atoms with Crippen molar-refractivity contribution in [1.82, 2.24) is 15.3 Å². The highest BCUT2D eigenvalue weighted by molar-refractivity contribution is 5.90. The van der Waals surface area contributed by atoms with Crippen LogP contribution in [-0.4, -0.2) is 15.9 Å². The molecule has 3 aromatic rings. The zero-order valence-corrected chi connectivity index (χ0v) is 15.2. The number of carbonyl (C=O) groups excluding carboxylic acids is 1. The van der Waals surface area contributed by atoms with Crippen molar-refractivity contribution in [3.63, 3.8) is 0 Å². The van der Waals surface area contributed by atoms with Crippen LogP contribution in [0.3, 0.4) is 0 Å². The Balaban J connectivity index is 1.47. The Hall–Kier alpha value is -3.48. The number of allylic oxidation sites excluding steroid dienone is 1. The number of benzene rings is 1. The van der Waals surface area contributed by atoms with Crippen molar-refractivity contribution in [2.75, 3.05) is 0 Å². The number of aromatic nitrogens is 2. The Morgan fingerprint density at radius 1 is 1.07 bits per heavy atom. The largest absolute Gasteiger partial charge is 0.416 e. The number of rotatable bonds is 4. The van der Waals surface area contributed by atoms with E-state index in [4.69, 9.17) is 0 Å². The van der Waals surface area contributed by atoms with E-state index in [0.717, 1.165) is 34.5 Å². The molecular weight excluding hydrogens is 379 g/mol. The van der Waals surface area contributed by atoms with Gasteiger partial charge in [0.2, 0.25) is 5.91 Å². The second-order valence-electron chi connectivity index (χ2n) is 6.70. The molecule has 4 rings (SSSR count). The Kier molecular flexibility index (Phi) is 4.88. The number of alkyl halides is 3. The smallest absolute Gasteiger partial charge is 0.325 e. The summed E-state index contributed by atoms with van der Waals surface area (Å²) in [5.41, 5.74) is 3.95. The molecule has 1 amide bonds. The molecule has 7 heteroatoms. The first-order chi connectivity index (χ1) is 13.9. The van der Waals surface area contributed by atoms with Crippen molar-refractivity contribution in [3.05, 3.63) is 89.5 Å². The van der Waals surface area contributed by atoms with E-state index in [1.54, 1.807) is 18.6 Å². The number of carbonyl (C=O) groups is 1. The maximum absolute atomic E-state index is 12.7. The minimum absolute atomic E-state index is 0.0134. The van der Waals surface area contributed by atoms with Crippen LogP contribution in [0.4, 0.5) is 13.2 Å². The molecular formula is C22H16F3N3O. The van der Waals surface area contributed by atoms with Gasteiger partial charge in [-0.3, -0.25) is 14.8 Å². The lowest BCUT2D eigenvalue weighted by molar-refractivity contribution is -0.137. The number of halogens is 3. The Bertz CT molecular complexity index is 1070. The molecule has 1 aliphatic carbocycles. The maximum Gasteiger partial charge on any atom is 0.416 e. The predicted molar refractivity (Wildman–Crippen MR) is 102 cm³/mol. The number of hydrogen-bond acceptors (Lipinski definition) is 3. The zero-order valence-electron chi connectivity index (χ0n) is 15.2. The lowest BCUT2D eigenvalue weighted by atomic mass is 10.1. The van der Waals surface area contributed by atoms with E-state index in [9.17, 15) is 18.0 Å². The van der Waals surface area contributed by atoms with Crippen LogP contribution in [0.15, 0.2) is 67.1 Å². The van der Waals surface area contributed by atoms with Crippen molar-refractivity contribution in [1.29, 1.82) is 0 Å². The molecule has 2 heterocycles. The summed E-state index contributed by atoms with van der Waals surface area (Å²) >= 11 is 0. The van der Waals surface area contributed by atoms with E-state index < -0.39 is 11.7 Å². The quantitative estimate of drug-likeness (QED) is 0.712. The standard InChI is InChI=1S/C22H16F3N3O/c23-22(24,25)17-5-3-14(4-6-17)10-21(29)28-20-8-7-19-18(20)11-16(13-27-19)15-2-1-9-26-12-15/h1-6,8-9,11-13H,7,10H2,(H,28,29). The number of hydrogen-bond donors (Lipinski definition) is 1. The van der Waals surface area contributed by atoms with Gasteiger partial charge in [0.15, 0.2) is 0 Å². The van der Waals surface area contributed by atoms with E-state index >= 15 is 0 Å². The average molecular weight is 395 g/mol. The van der Waals surface area contributed by atoms with Crippen LogP contribution in [0.5, 0.6) is 0 Å². The van der Waals surface area contributed by atoms with Gasteiger partial charge in [-0.15, -0.1) is 0 Å². The zero-order chi connectivity index (χ0) is 20.4. The minimum atomic E-state index is -4.39. The van der Waals surface area contributed by atoms with Crippen molar-refractivity contribution >= 4 is 11.6 Å². The lowest BCUT2D eigenvalue weighted by Gasteiger charge is -2.11. The van der Waals surface area contributed by atoms with E-state index in [-0.39, 0.29) is 12.3 Å². The van der Waals surface area contributed by atoms with Gasteiger partial charge in [0.25, 0.3) is 0 Å². The molecule has 0 aliphatic heterocycles. The van der Waals surface area contributed by atoms with Crippen LogP contribution in [-0.2, 0) is 23.8 Å². The first-order valence-corrected chi connectivity index (χ1v) is 8.96. The van der Waals surface area contributed by atoms with Gasteiger partial charge in [-0.25, -0.2) is 0 Å². The summed E-state index contributed by atoms with van der Waals surface area (Å²) in [4.78, 5) is 21.0. The molecule has 0 radical (unpaired) electrons. The van der Waals surface area contributed by atoms with Crippen molar-refractivity contribution in [3.8, 4) is 11.1 Å². The summed E-state index contributed by atoms with van der Waals surface area (Å²) in [5.74, 6) is -0.296. The second kappa shape index (κ2) is 7.50. The molecule has 1 aromatic carbocycles. The number of pyridine rings is 2. The third-order valence-corrected chi connectivity index (χ3v) is 4.67. The second-order valence-corrected chi connectivity index (χ2v) is 6.70. The fourth-order valence-electron chi connectivity index (χ4n) is 3.20. The molecule has 0 atom stereocenters. The van der Waals surface area contributed by atoms with Crippen molar-refractivity contribution in [2.45, 2.75) is 19.0 Å². The van der Waals surface area contributed by atoms with Gasteiger partial charge in [-0.05, 0) is 29.8 Å². The summed E-state index contributed by atoms with van der Waals surface area (Å²) in [6.07, 6.45) is 3.30. The van der Waals surface area contributed by atoms with Gasteiger partial charge in [-0.1, -0.05) is 24.3 Å². The van der Waals surface area contributed by atoms with E-state index in [1.807, 2.05) is 24.3 Å². The van der Waals surface area contributed by atoms with E-state index in [0.29, 0.717) is 17.7 Å². The number of nitrogens with one attached hydrogen (secondary N) is 1. The fraction of sp³-hybridized carbons (Fsp3) is 0.136. The number of nitrogens with zero attached hydrogens (tertiary/aromatic N) is 2. The van der Waals surface area contributed by atoms with Gasteiger partial charge in [0.05, 0.1) is 17.7 Å². The topological polar surface area (TPSA) is 54.9 Å². The van der Waals surface area contributed by atoms with Crippen LogP contribution in [0, 0.1) is 0 Å². The molecule has 4 nitrogen and oxygen atoms in total. The number of fused-ring (bicyclic) bond motifs is 1. The maximum atomic E-state index is 12.7. The van der Waals surface area contributed by atoms with E-state index in [1.165, 1.54) is 12.1 Å². The van der Waals surface area contributed by atoms with Crippen molar-refractivity contribution in [2.24, 2.45) is 0 Å². The Labute approximate surface area is 165 Å². The molecule has 0 fully saturated rings. The summed E-state index contributed by atoms with van der Waals surface area (Å²) in [7, 11) is 0.